The molecule has 0 aliphatic carbocycles. The Hall–Kier alpha value is -2.41. The molecule has 7 heteroatoms. The van der Waals surface area contributed by atoms with E-state index in [2.05, 4.69) is 9.71 Å². The van der Waals surface area contributed by atoms with Gasteiger partial charge >= 0.3 is 0 Å². The molecule has 0 bridgehead atoms. The first-order chi connectivity index (χ1) is 12.5. The van der Waals surface area contributed by atoms with Crippen molar-refractivity contribution in [2.75, 3.05) is 0 Å². The fraction of sp³-hybridized carbons (Fsp3) is 0.105. The molecule has 1 aromatic heterocycles. The maximum atomic E-state index is 12.1. The first-order valence-electron chi connectivity index (χ1n) is 7.97. The average Bonchev–Trinajstić information content (AvgIpc) is 3.14. The van der Waals surface area contributed by atoms with E-state index >= 15 is 0 Å². The van der Waals surface area contributed by atoms with Crippen LogP contribution < -0.4 is 4.72 Å². The van der Waals surface area contributed by atoms with Crippen molar-refractivity contribution in [1.29, 1.82) is 0 Å². The summed E-state index contributed by atoms with van der Waals surface area (Å²) in [5, 5.41) is 1.77. The molecule has 0 saturated heterocycles. The van der Waals surface area contributed by atoms with Gasteiger partial charge in [0.2, 0.25) is 10.0 Å². The Morgan fingerprint density at radius 1 is 1.04 bits per heavy atom. The quantitative estimate of drug-likeness (QED) is 0.672. The number of halogens is 1. The Balaban J connectivity index is 1.56. The fourth-order valence-electron chi connectivity index (χ4n) is 2.33. The highest BCUT2D eigenvalue weighted by atomic mass is 35.5. The molecule has 3 aromatic rings. The number of sulfonamides is 1. The lowest BCUT2D eigenvalue weighted by atomic mass is 10.1. The van der Waals surface area contributed by atoms with Crippen LogP contribution in [-0.2, 0) is 23.1 Å². The molecule has 2 aromatic carbocycles. The summed E-state index contributed by atoms with van der Waals surface area (Å²) >= 11 is 5.81. The van der Waals surface area contributed by atoms with Crippen molar-refractivity contribution in [2.45, 2.75) is 13.1 Å². The number of aromatic nitrogens is 2. The first kappa shape index (κ1) is 18.4. The standard InChI is InChI=1S/C19H18ClN3O2S/c20-19-7-5-16(6-8-19)9-12-26(24,25)22-13-17-1-3-18(4-2-17)14-23-11-10-21-15-23/h1-12,15,22H,13-14H2/b12-9+. The zero-order chi connectivity index (χ0) is 18.4. The van der Waals surface area contributed by atoms with E-state index in [1.54, 1.807) is 36.8 Å². The number of nitrogens with one attached hydrogen (secondary N) is 1. The van der Waals surface area contributed by atoms with Crippen LogP contribution in [0.1, 0.15) is 16.7 Å². The maximum absolute atomic E-state index is 12.1. The Morgan fingerprint density at radius 3 is 2.38 bits per heavy atom. The van der Waals surface area contributed by atoms with Crippen LogP contribution >= 0.6 is 11.6 Å². The van der Waals surface area contributed by atoms with Crippen LogP contribution in [0.25, 0.3) is 6.08 Å². The summed E-state index contributed by atoms with van der Waals surface area (Å²) < 4.78 is 28.7. The van der Waals surface area contributed by atoms with Gasteiger partial charge in [-0.05, 0) is 34.9 Å². The van der Waals surface area contributed by atoms with Crippen molar-refractivity contribution in [1.82, 2.24) is 14.3 Å². The molecule has 0 spiro atoms. The highest BCUT2D eigenvalue weighted by molar-refractivity contribution is 7.92. The lowest BCUT2D eigenvalue weighted by Gasteiger charge is -2.06. The van der Waals surface area contributed by atoms with Crippen molar-refractivity contribution in [3.8, 4) is 0 Å². The van der Waals surface area contributed by atoms with Crippen LogP contribution in [0.5, 0.6) is 0 Å². The van der Waals surface area contributed by atoms with Gasteiger partial charge in [-0.1, -0.05) is 48.0 Å². The second-order valence-corrected chi connectivity index (χ2v) is 7.86. The topological polar surface area (TPSA) is 64.0 Å². The summed E-state index contributed by atoms with van der Waals surface area (Å²) in [4.78, 5) is 4.01. The normalized spacial score (nSPS) is 11.9. The van der Waals surface area contributed by atoms with Crippen molar-refractivity contribution in [3.05, 3.63) is 94.4 Å². The van der Waals surface area contributed by atoms with E-state index < -0.39 is 10.0 Å². The average molecular weight is 388 g/mol. The molecule has 134 valence electrons. The van der Waals surface area contributed by atoms with Crippen LogP contribution in [0.2, 0.25) is 5.02 Å². The second kappa shape index (κ2) is 8.31. The summed E-state index contributed by atoms with van der Waals surface area (Å²) in [5.74, 6) is 0. The summed E-state index contributed by atoms with van der Waals surface area (Å²) in [7, 11) is -3.52. The molecule has 0 fully saturated rings. The van der Waals surface area contributed by atoms with Gasteiger partial charge in [-0.15, -0.1) is 0 Å². The fourth-order valence-corrected chi connectivity index (χ4v) is 3.25. The van der Waals surface area contributed by atoms with Crippen molar-refractivity contribution < 1.29 is 8.42 Å². The van der Waals surface area contributed by atoms with Crippen molar-refractivity contribution in [3.63, 3.8) is 0 Å². The third-order valence-corrected chi connectivity index (χ3v) is 5.03. The van der Waals surface area contributed by atoms with E-state index in [0.717, 1.165) is 28.6 Å². The Bertz CT molecular complexity index is 965. The van der Waals surface area contributed by atoms with E-state index in [-0.39, 0.29) is 6.54 Å². The zero-order valence-electron chi connectivity index (χ0n) is 13.9. The minimum atomic E-state index is -3.52. The molecule has 0 unspecified atom stereocenters. The third-order valence-electron chi connectivity index (χ3n) is 3.73. The SMILES string of the molecule is O=S(=O)(/C=C/c1ccc(Cl)cc1)NCc1ccc(Cn2ccnc2)cc1. The Labute approximate surface area is 158 Å². The van der Waals surface area contributed by atoms with Gasteiger partial charge in [-0.3, -0.25) is 0 Å². The van der Waals surface area contributed by atoms with Crippen LogP contribution in [0.3, 0.4) is 0 Å². The monoisotopic (exact) mass is 387 g/mol. The number of rotatable bonds is 7. The molecule has 1 N–H and O–H groups in total. The number of benzene rings is 2. The highest BCUT2D eigenvalue weighted by Gasteiger charge is 2.05. The molecular formula is C19H18ClN3O2S. The first-order valence-corrected chi connectivity index (χ1v) is 9.89. The van der Waals surface area contributed by atoms with Crippen LogP contribution in [0, 0.1) is 0 Å². The lowest BCUT2D eigenvalue weighted by molar-refractivity contribution is 0.591. The van der Waals surface area contributed by atoms with Gasteiger partial charge in [0.05, 0.1) is 6.33 Å². The van der Waals surface area contributed by atoms with Gasteiger partial charge in [-0.25, -0.2) is 18.1 Å². The molecule has 26 heavy (non-hydrogen) atoms. The van der Waals surface area contributed by atoms with Gasteiger partial charge in [-0.2, -0.15) is 0 Å². The van der Waals surface area contributed by atoms with Gasteiger partial charge in [0.15, 0.2) is 0 Å². The van der Waals surface area contributed by atoms with E-state index in [1.165, 1.54) is 6.08 Å². The second-order valence-electron chi connectivity index (χ2n) is 5.77. The molecule has 0 saturated carbocycles. The van der Waals surface area contributed by atoms with Crippen molar-refractivity contribution in [2.24, 2.45) is 0 Å². The minimum Gasteiger partial charge on any atom is -0.333 e. The smallest absolute Gasteiger partial charge is 0.234 e. The summed E-state index contributed by atoms with van der Waals surface area (Å²) in [6.45, 7) is 0.967. The molecule has 5 nitrogen and oxygen atoms in total. The van der Waals surface area contributed by atoms with E-state index in [1.807, 2.05) is 35.0 Å². The molecule has 0 atom stereocenters. The van der Waals surface area contributed by atoms with Gasteiger partial charge in [0.25, 0.3) is 0 Å². The molecule has 0 aliphatic heterocycles. The number of imidazole rings is 1. The Kier molecular flexibility index (Phi) is 5.88. The summed E-state index contributed by atoms with van der Waals surface area (Å²) in [6.07, 6.45) is 6.93. The van der Waals surface area contributed by atoms with Gasteiger partial charge in [0, 0.05) is 35.9 Å². The van der Waals surface area contributed by atoms with Gasteiger partial charge < -0.3 is 4.57 Å². The largest absolute Gasteiger partial charge is 0.333 e. The zero-order valence-corrected chi connectivity index (χ0v) is 15.5. The number of hydrogen-bond donors (Lipinski definition) is 1. The predicted molar refractivity (Wildman–Crippen MR) is 104 cm³/mol. The lowest BCUT2D eigenvalue weighted by Crippen LogP contribution is -2.20. The molecule has 3 rings (SSSR count). The van der Waals surface area contributed by atoms with Crippen LogP contribution in [0.4, 0.5) is 0 Å². The van der Waals surface area contributed by atoms with E-state index in [0.29, 0.717) is 5.02 Å². The van der Waals surface area contributed by atoms with Gasteiger partial charge in [0.1, 0.15) is 0 Å². The molecular weight excluding hydrogens is 370 g/mol. The highest BCUT2D eigenvalue weighted by Crippen LogP contribution is 2.11. The number of nitrogens with zero attached hydrogens (tertiary/aromatic N) is 2. The third kappa shape index (κ3) is 5.56. The molecule has 0 amide bonds. The van der Waals surface area contributed by atoms with E-state index in [4.69, 9.17) is 11.6 Å². The summed E-state index contributed by atoms with van der Waals surface area (Å²) in [5.41, 5.74) is 2.78. The summed E-state index contributed by atoms with van der Waals surface area (Å²) in [6, 6.07) is 14.7. The molecule has 0 radical (unpaired) electrons. The minimum absolute atomic E-state index is 0.235. The molecule has 0 aliphatic rings. The van der Waals surface area contributed by atoms with Crippen LogP contribution in [0.15, 0.2) is 72.7 Å². The maximum Gasteiger partial charge on any atom is 0.234 e. The van der Waals surface area contributed by atoms with Crippen LogP contribution in [-0.4, -0.2) is 18.0 Å². The number of hydrogen-bond acceptors (Lipinski definition) is 3. The predicted octanol–water partition coefficient (Wildman–Crippen LogP) is 3.68. The molecule has 1 heterocycles. The Morgan fingerprint density at radius 2 is 1.73 bits per heavy atom. The van der Waals surface area contributed by atoms with Crippen molar-refractivity contribution >= 4 is 27.7 Å². The van der Waals surface area contributed by atoms with E-state index in [9.17, 15) is 8.42 Å².